The molecular formula is C19H19N5O3. The molecule has 1 saturated heterocycles. The molecule has 1 unspecified atom stereocenters. The lowest BCUT2D eigenvalue weighted by atomic mass is 10.2. The first-order chi connectivity index (χ1) is 13.1. The van der Waals surface area contributed by atoms with Gasteiger partial charge in [0.15, 0.2) is 5.82 Å². The van der Waals surface area contributed by atoms with Crippen molar-refractivity contribution < 1.29 is 14.1 Å². The van der Waals surface area contributed by atoms with Crippen LogP contribution in [0.2, 0.25) is 0 Å². The highest BCUT2D eigenvalue weighted by Crippen LogP contribution is 2.30. The average molecular weight is 365 g/mol. The van der Waals surface area contributed by atoms with Crippen LogP contribution >= 0.6 is 0 Å². The molecule has 1 fully saturated rings. The van der Waals surface area contributed by atoms with Gasteiger partial charge in [-0.1, -0.05) is 17.3 Å². The van der Waals surface area contributed by atoms with Gasteiger partial charge in [0.05, 0.1) is 24.0 Å². The smallest absolute Gasteiger partial charge is 0.274 e. The fourth-order valence-electron chi connectivity index (χ4n) is 3.01. The molecule has 2 aromatic heterocycles. The molecule has 0 saturated carbocycles. The van der Waals surface area contributed by atoms with Crippen LogP contribution in [-0.4, -0.2) is 50.1 Å². The summed E-state index contributed by atoms with van der Waals surface area (Å²) in [7, 11) is 0. The number of likely N-dealkylation sites (tertiary alicyclic amines) is 1. The molecule has 1 amide bonds. The van der Waals surface area contributed by atoms with Crippen LogP contribution in [0.3, 0.4) is 0 Å². The number of ether oxygens (including phenoxy) is 1. The molecule has 0 N–H and O–H groups in total. The molecule has 138 valence electrons. The summed E-state index contributed by atoms with van der Waals surface area (Å²) in [5.41, 5.74) is 1.87. The van der Waals surface area contributed by atoms with E-state index in [1.807, 2.05) is 31.2 Å². The number of amides is 1. The first-order valence-corrected chi connectivity index (χ1v) is 8.74. The second-order valence-corrected chi connectivity index (χ2v) is 6.47. The Bertz CT molecular complexity index is 954. The van der Waals surface area contributed by atoms with E-state index in [2.05, 4.69) is 20.1 Å². The van der Waals surface area contributed by atoms with Gasteiger partial charge in [-0.2, -0.15) is 4.98 Å². The van der Waals surface area contributed by atoms with Gasteiger partial charge < -0.3 is 14.2 Å². The van der Waals surface area contributed by atoms with Gasteiger partial charge in [-0.05, 0) is 26.0 Å². The Morgan fingerprint density at radius 3 is 2.81 bits per heavy atom. The summed E-state index contributed by atoms with van der Waals surface area (Å²) in [6.07, 6.45) is 3.74. The minimum atomic E-state index is -0.130. The number of aryl methyl sites for hydroxylation is 2. The van der Waals surface area contributed by atoms with Crippen LogP contribution in [0.1, 0.15) is 28.4 Å². The van der Waals surface area contributed by atoms with Crippen molar-refractivity contribution in [3.8, 4) is 17.2 Å². The van der Waals surface area contributed by atoms with Crippen LogP contribution in [0.25, 0.3) is 11.5 Å². The lowest BCUT2D eigenvalue weighted by molar-refractivity contribution is 0.0766. The van der Waals surface area contributed by atoms with Gasteiger partial charge in [0.2, 0.25) is 0 Å². The van der Waals surface area contributed by atoms with E-state index in [9.17, 15) is 4.79 Å². The molecule has 27 heavy (non-hydrogen) atoms. The van der Waals surface area contributed by atoms with Crippen molar-refractivity contribution in [2.24, 2.45) is 0 Å². The highest BCUT2D eigenvalue weighted by Gasteiger charge is 2.29. The van der Waals surface area contributed by atoms with Crippen molar-refractivity contribution in [1.29, 1.82) is 0 Å². The van der Waals surface area contributed by atoms with Gasteiger partial charge in [-0.25, -0.2) is 4.98 Å². The van der Waals surface area contributed by atoms with E-state index in [-0.39, 0.29) is 12.0 Å². The Morgan fingerprint density at radius 2 is 2.07 bits per heavy atom. The summed E-state index contributed by atoms with van der Waals surface area (Å²) in [4.78, 5) is 26.9. The zero-order valence-corrected chi connectivity index (χ0v) is 15.1. The summed E-state index contributed by atoms with van der Waals surface area (Å²) in [6.45, 7) is 4.71. The summed E-state index contributed by atoms with van der Waals surface area (Å²) >= 11 is 0. The third-order valence-electron chi connectivity index (χ3n) is 4.37. The zero-order valence-electron chi connectivity index (χ0n) is 15.1. The first-order valence-electron chi connectivity index (χ1n) is 8.74. The second kappa shape index (κ2) is 7.14. The third kappa shape index (κ3) is 3.64. The van der Waals surface area contributed by atoms with Crippen molar-refractivity contribution in [2.75, 3.05) is 13.1 Å². The van der Waals surface area contributed by atoms with Gasteiger partial charge in [0.25, 0.3) is 11.8 Å². The fraction of sp³-hybridized carbons (Fsp3) is 0.316. The molecule has 3 heterocycles. The number of benzene rings is 1. The van der Waals surface area contributed by atoms with Crippen molar-refractivity contribution >= 4 is 5.91 Å². The van der Waals surface area contributed by atoms with Crippen LogP contribution in [-0.2, 0) is 0 Å². The standard InChI is InChI=1S/C19H19N5O3/c1-12-9-21-16(10-20-12)19(25)24-8-7-14(11-24)26-17-6-4-3-5-15(17)18-22-13(2)23-27-18/h3-6,9-10,14H,7-8,11H2,1-2H3. The van der Waals surface area contributed by atoms with E-state index in [0.717, 1.165) is 17.7 Å². The quantitative estimate of drug-likeness (QED) is 0.701. The van der Waals surface area contributed by atoms with Gasteiger partial charge >= 0.3 is 0 Å². The number of para-hydroxylation sites is 1. The number of carbonyl (C=O) groups excluding carboxylic acids is 1. The Balaban J connectivity index is 1.46. The molecule has 8 heteroatoms. The summed E-state index contributed by atoms with van der Waals surface area (Å²) in [5.74, 6) is 1.52. The molecule has 0 spiro atoms. The number of hydrogen-bond donors (Lipinski definition) is 0. The number of nitrogens with zero attached hydrogens (tertiary/aromatic N) is 5. The predicted molar refractivity (Wildman–Crippen MR) is 96.2 cm³/mol. The molecule has 0 bridgehead atoms. The Kier molecular flexibility index (Phi) is 4.53. The lowest BCUT2D eigenvalue weighted by Gasteiger charge is -2.17. The van der Waals surface area contributed by atoms with Crippen molar-refractivity contribution in [2.45, 2.75) is 26.4 Å². The summed E-state index contributed by atoms with van der Waals surface area (Å²) < 4.78 is 11.4. The van der Waals surface area contributed by atoms with Crippen LogP contribution in [0.5, 0.6) is 5.75 Å². The Hall–Kier alpha value is -3.29. The molecule has 1 aromatic carbocycles. The van der Waals surface area contributed by atoms with Gasteiger partial charge in [0, 0.05) is 19.2 Å². The number of carbonyl (C=O) groups is 1. The normalized spacial score (nSPS) is 16.5. The average Bonchev–Trinajstić information content (AvgIpc) is 3.31. The summed E-state index contributed by atoms with van der Waals surface area (Å²) in [5, 5.41) is 3.83. The van der Waals surface area contributed by atoms with Crippen LogP contribution in [0, 0.1) is 13.8 Å². The van der Waals surface area contributed by atoms with E-state index in [0.29, 0.717) is 36.2 Å². The maximum atomic E-state index is 12.6. The van der Waals surface area contributed by atoms with Crippen molar-refractivity contribution in [3.05, 3.63) is 53.9 Å². The highest BCUT2D eigenvalue weighted by molar-refractivity contribution is 5.92. The number of hydrogen-bond acceptors (Lipinski definition) is 7. The van der Waals surface area contributed by atoms with E-state index < -0.39 is 0 Å². The molecule has 3 aromatic rings. The Labute approximate surface area is 156 Å². The first kappa shape index (κ1) is 17.1. The molecule has 0 radical (unpaired) electrons. The van der Waals surface area contributed by atoms with E-state index in [1.54, 1.807) is 18.0 Å². The molecule has 4 rings (SSSR count). The van der Waals surface area contributed by atoms with E-state index in [4.69, 9.17) is 9.26 Å². The topological polar surface area (TPSA) is 94.2 Å². The monoisotopic (exact) mass is 365 g/mol. The van der Waals surface area contributed by atoms with Gasteiger partial charge in [-0.3, -0.25) is 9.78 Å². The molecule has 1 aliphatic heterocycles. The largest absolute Gasteiger partial charge is 0.488 e. The molecule has 8 nitrogen and oxygen atoms in total. The van der Waals surface area contributed by atoms with E-state index in [1.165, 1.54) is 6.20 Å². The van der Waals surface area contributed by atoms with Crippen LogP contribution in [0.15, 0.2) is 41.2 Å². The maximum Gasteiger partial charge on any atom is 0.274 e. The molecule has 1 aliphatic rings. The summed E-state index contributed by atoms with van der Waals surface area (Å²) in [6, 6.07) is 7.52. The van der Waals surface area contributed by atoms with Crippen LogP contribution in [0.4, 0.5) is 0 Å². The minimum absolute atomic E-state index is 0.113. The third-order valence-corrected chi connectivity index (χ3v) is 4.37. The number of aromatic nitrogens is 4. The highest BCUT2D eigenvalue weighted by atomic mass is 16.5. The fourth-order valence-corrected chi connectivity index (χ4v) is 3.01. The zero-order chi connectivity index (χ0) is 18.8. The van der Waals surface area contributed by atoms with Crippen molar-refractivity contribution in [3.63, 3.8) is 0 Å². The number of rotatable bonds is 4. The SMILES string of the molecule is Cc1cnc(C(=O)N2CCC(Oc3ccccc3-c3nc(C)no3)C2)cn1. The van der Waals surface area contributed by atoms with Crippen molar-refractivity contribution in [1.82, 2.24) is 25.0 Å². The molecular weight excluding hydrogens is 346 g/mol. The maximum absolute atomic E-state index is 12.6. The minimum Gasteiger partial charge on any atom is -0.488 e. The van der Waals surface area contributed by atoms with E-state index >= 15 is 0 Å². The van der Waals surface area contributed by atoms with Crippen LogP contribution < -0.4 is 4.74 Å². The molecule has 1 atom stereocenters. The second-order valence-electron chi connectivity index (χ2n) is 6.47. The Morgan fingerprint density at radius 1 is 1.22 bits per heavy atom. The lowest BCUT2D eigenvalue weighted by Crippen LogP contribution is -2.31. The van der Waals surface area contributed by atoms with Gasteiger partial charge in [-0.15, -0.1) is 0 Å². The molecule has 0 aliphatic carbocycles. The predicted octanol–water partition coefficient (Wildman–Crippen LogP) is 2.44. The van der Waals surface area contributed by atoms with Gasteiger partial charge in [0.1, 0.15) is 17.5 Å².